The maximum atomic E-state index is 11.6. The van der Waals surface area contributed by atoms with Gasteiger partial charge in [0.15, 0.2) is 5.82 Å². The van der Waals surface area contributed by atoms with Crippen molar-refractivity contribution in [3.63, 3.8) is 0 Å². The van der Waals surface area contributed by atoms with Crippen molar-refractivity contribution in [3.05, 3.63) is 29.3 Å². The summed E-state index contributed by atoms with van der Waals surface area (Å²) in [5.74, 6) is 5.73. The SMILES string of the molecule is CCOC(=O)NC(=O)CSc1nnc(-c2ccccc2Cl)n1N. The van der Waals surface area contributed by atoms with Gasteiger partial charge in [-0.1, -0.05) is 35.5 Å². The van der Waals surface area contributed by atoms with Gasteiger partial charge < -0.3 is 10.6 Å². The van der Waals surface area contributed by atoms with Gasteiger partial charge in [0.2, 0.25) is 11.1 Å². The van der Waals surface area contributed by atoms with E-state index in [1.54, 1.807) is 31.2 Å². The number of halogens is 1. The molecule has 0 atom stereocenters. The van der Waals surface area contributed by atoms with Crippen LogP contribution in [-0.2, 0) is 9.53 Å². The van der Waals surface area contributed by atoms with Gasteiger partial charge in [0.05, 0.1) is 17.4 Å². The minimum atomic E-state index is -0.788. The summed E-state index contributed by atoms with van der Waals surface area (Å²) in [6, 6.07) is 7.07. The van der Waals surface area contributed by atoms with Crippen molar-refractivity contribution in [1.29, 1.82) is 0 Å². The highest BCUT2D eigenvalue weighted by Gasteiger charge is 2.16. The number of ether oxygens (including phenoxy) is 1. The van der Waals surface area contributed by atoms with Gasteiger partial charge in [0, 0.05) is 5.56 Å². The summed E-state index contributed by atoms with van der Waals surface area (Å²) in [6.45, 7) is 1.83. The lowest BCUT2D eigenvalue weighted by atomic mass is 10.2. The number of nitrogen functional groups attached to an aromatic ring is 1. The van der Waals surface area contributed by atoms with Gasteiger partial charge in [0.1, 0.15) is 0 Å². The van der Waals surface area contributed by atoms with E-state index < -0.39 is 12.0 Å². The molecule has 1 aromatic carbocycles. The number of imide groups is 1. The molecule has 0 aliphatic carbocycles. The Morgan fingerprint density at radius 2 is 2.13 bits per heavy atom. The van der Waals surface area contributed by atoms with E-state index in [-0.39, 0.29) is 12.4 Å². The Hall–Kier alpha value is -2.26. The van der Waals surface area contributed by atoms with Crippen LogP contribution in [0.5, 0.6) is 0 Å². The molecule has 8 nitrogen and oxygen atoms in total. The lowest BCUT2D eigenvalue weighted by molar-refractivity contribution is -0.117. The molecule has 0 saturated carbocycles. The molecule has 122 valence electrons. The molecule has 10 heteroatoms. The monoisotopic (exact) mass is 355 g/mol. The van der Waals surface area contributed by atoms with Gasteiger partial charge in [0.25, 0.3) is 0 Å². The van der Waals surface area contributed by atoms with E-state index in [2.05, 4.69) is 20.3 Å². The van der Waals surface area contributed by atoms with Crippen molar-refractivity contribution < 1.29 is 14.3 Å². The molecule has 3 N–H and O–H groups in total. The number of alkyl carbamates (subject to hydrolysis) is 1. The molecule has 0 radical (unpaired) electrons. The average Bonchev–Trinajstić information content (AvgIpc) is 2.87. The van der Waals surface area contributed by atoms with Crippen LogP contribution in [0.1, 0.15) is 6.92 Å². The summed E-state index contributed by atoms with van der Waals surface area (Å²) in [5, 5.41) is 10.8. The van der Waals surface area contributed by atoms with Crippen LogP contribution >= 0.6 is 23.4 Å². The van der Waals surface area contributed by atoms with Crippen LogP contribution in [0.2, 0.25) is 5.02 Å². The number of hydrogen-bond donors (Lipinski definition) is 2. The van der Waals surface area contributed by atoms with E-state index in [1.807, 2.05) is 0 Å². The van der Waals surface area contributed by atoms with Crippen LogP contribution in [0.25, 0.3) is 11.4 Å². The van der Waals surface area contributed by atoms with Gasteiger partial charge in [-0.2, -0.15) is 0 Å². The van der Waals surface area contributed by atoms with E-state index in [4.69, 9.17) is 17.4 Å². The highest BCUT2D eigenvalue weighted by atomic mass is 35.5. The third-order valence-corrected chi connectivity index (χ3v) is 3.90. The van der Waals surface area contributed by atoms with Crippen molar-refractivity contribution in [2.75, 3.05) is 18.2 Å². The maximum Gasteiger partial charge on any atom is 0.413 e. The molecular formula is C13H14ClN5O3S. The van der Waals surface area contributed by atoms with Crippen molar-refractivity contribution in [3.8, 4) is 11.4 Å². The molecule has 2 amide bonds. The van der Waals surface area contributed by atoms with Gasteiger partial charge in [-0.15, -0.1) is 10.2 Å². The summed E-state index contributed by atoms with van der Waals surface area (Å²) in [4.78, 5) is 22.7. The third-order valence-electron chi connectivity index (χ3n) is 2.63. The van der Waals surface area contributed by atoms with E-state index in [0.717, 1.165) is 11.8 Å². The van der Waals surface area contributed by atoms with Gasteiger partial charge in [-0.3, -0.25) is 10.1 Å². The fraction of sp³-hybridized carbons (Fsp3) is 0.231. The van der Waals surface area contributed by atoms with Gasteiger partial charge in [-0.25, -0.2) is 9.47 Å². The van der Waals surface area contributed by atoms with Crippen molar-refractivity contribution >= 4 is 35.4 Å². The lowest BCUT2D eigenvalue weighted by Gasteiger charge is -2.05. The second-order valence-electron chi connectivity index (χ2n) is 4.21. The number of amides is 2. The lowest BCUT2D eigenvalue weighted by Crippen LogP contribution is -2.32. The molecule has 2 aromatic rings. The first-order valence-corrected chi connectivity index (χ1v) is 7.94. The number of hydrogen-bond acceptors (Lipinski definition) is 7. The van der Waals surface area contributed by atoms with Crippen LogP contribution < -0.4 is 11.2 Å². The Kier molecular flexibility index (Phi) is 5.83. The number of rotatable bonds is 5. The number of nitrogens with one attached hydrogen (secondary N) is 1. The molecule has 0 spiro atoms. The number of thioether (sulfide) groups is 1. The molecule has 0 fully saturated rings. The first-order valence-electron chi connectivity index (χ1n) is 6.57. The largest absolute Gasteiger partial charge is 0.450 e. The standard InChI is InChI=1S/C13H14ClN5O3S/c1-2-22-13(21)16-10(20)7-23-12-18-17-11(19(12)15)8-5-3-4-6-9(8)14/h3-6H,2,7,15H2,1H3,(H,16,20,21). The zero-order chi connectivity index (χ0) is 16.8. The van der Waals surface area contributed by atoms with Gasteiger partial charge >= 0.3 is 6.09 Å². The molecular weight excluding hydrogens is 342 g/mol. The number of nitrogens with zero attached hydrogens (tertiary/aromatic N) is 3. The Morgan fingerprint density at radius 3 is 2.83 bits per heavy atom. The summed E-state index contributed by atoms with van der Waals surface area (Å²) >= 11 is 7.13. The Morgan fingerprint density at radius 1 is 1.39 bits per heavy atom. The molecule has 0 saturated heterocycles. The van der Waals surface area contributed by atoms with E-state index in [1.165, 1.54) is 4.68 Å². The number of carbonyl (C=O) groups excluding carboxylic acids is 2. The normalized spacial score (nSPS) is 10.3. The van der Waals surface area contributed by atoms with Crippen LogP contribution in [0.15, 0.2) is 29.4 Å². The Balaban J connectivity index is 2.02. The number of carbonyl (C=O) groups is 2. The molecule has 2 rings (SSSR count). The predicted octanol–water partition coefficient (Wildman–Crippen LogP) is 1.68. The highest BCUT2D eigenvalue weighted by Crippen LogP contribution is 2.27. The topological polar surface area (TPSA) is 112 Å². The minimum Gasteiger partial charge on any atom is -0.450 e. The average molecular weight is 356 g/mol. The number of benzene rings is 1. The maximum absolute atomic E-state index is 11.6. The minimum absolute atomic E-state index is 0.0589. The van der Waals surface area contributed by atoms with Crippen molar-refractivity contribution in [1.82, 2.24) is 20.2 Å². The summed E-state index contributed by atoms with van der Waals surface area (Å²) in [6.07, 6.45) is -0.788. The molecule has 0 aliphatic heterocycles. The molecule has 1 heterocycles. The van der Waals surface area contributed by atoms with Crippen molar-refractivity contribution in [2.45, 2.75) is 12.1 Å². The Labute approximate surface area is 141 Å². The van der Waals surface area contributed by atoms with E-state index >= 15 is 0 Å². The van der Waals surface area contributed by atoms with Gasteiger partial charge in [-0.05, 0) is 19.1 Å². The van der Waals surface area contributed by atoms with E-state index in [0.29, 0.717) is 21.6 Å². The van der Waals surface area contributed by atoms with Crippen LogP contribution in [0.3, 0.4) is 0 Å². The number of aromatic nitrogens is 3. The quantitative estimate of drug-likeness (QED) is 0.619. The zero-order valence-corrected chi connectivity index (χ0v) is 13.7. The molecule has 23 heavy (non-hydrogen) atoms. The molecule has 0 bridgehead atoms. The number of nitrogens with two attached hydrogens (primary N) is 1. The molecule has 1 aromatic heterocycles. The summed E-state index contributed by atoms with van der Waals surface area (Å²) < 4.78 is 5.85. The van der Waals surface area contributed by atoms with Crippen LogP contribution in [0.4, 0.5) is 4.79 Å². The fourth-order valence-electron chi connectivity index (χ4n) is 1.65. The predicted molar refractivity (Wildman–Crippen MR) is 86.5 cm³/mol. The summed E-state index contributed by atoms with van der Waals surface area (Å²) in [7, 11) is 0. The highest BCUT2D eigenvalue weighted by molar-refractivity contribution is 7.99. The smallest absolute Gasteiger partial charge is 0.413 e. The molecule has 0 aliphatic rings. The molecule has 0 unspecified atom stereocenters. The first kappa shape index (κ1) is 17.1. The van der Waals surface area contributed by atoms with E-state index in [9.17, 15) is 9.59 Å². The first-order chi connectivity index (χ1) is 11.0. The second-order valence-corrected chi connectivity index (χ2v) is 5.56. The fourth-order valence-corrected chi connectivity index (χ4v) is 2.53. The van der Waals surface area contributed by atoms with Crippen LogP contribution in [-0.4, -0.2) is 39.2 Å². The second kappa shape index (κ2) is 7.84. The van der Waals surface area contributed by atoms with Crippen LogP contribution in [0, 0.1) is 0 Å². The van der Waals surface area contributed by atoms with Crippen molar-refractivity contribution in [2.24, 2.45) is 0 Å². The zero-order valence-electron chi connectivity index (χ0n) is 12.2. The Bertz CT molecular complexity index is 721. The third kappa shape index (κ3) is 4.36. The summed E-state index contributed by atoms with van der Waals surface area (Å²) in [5.41, 5.74) is 0.631.